The molecule has 0 aromatic heterocycles. The molecule has 98 valence electrons. The minimum Gasteiger partial charge on any atom is -0.455 e. The Bertz CT molecular complexity index is 649. The van der Waals surface area contributed by atoms with Crippen molar-refractivity contribution in [3.63, 3.8) is 0 Å². The molecule has 0 aliphatic rings. The summed E-state index contributed by atoms with van der Waals surface area (Å²) < 4.78 is 18.9. The van der Waals surface area contributed by atoms with E-state index in [1.54, 1.807) is 6.07 Å². The standard InChI is InChI=1S/C13H8BrClFNO2/c14-10-6-8(16)2-4-12(10)19-11-3-1-7(15)5-9(11)13(17)18/h1-6H,(H2,17,18). The third kappa shape index (κ3) is 3.24. The molecule has 0 saturated heterocycles. The van der Waals surface area contributed by atoms with E-state index in [2.05, 4.69) is 15.9 Å². The number of carbonyl (C=O) groups is 1. The molecule has 0 unspecified atom stereocenters. The number of hydrogen-bond acceptors (Lipinski definition) is 2. The molecule has 2 aromatic carbocycles. The third-order valence-electron chi connectivity index (χ3n) is 2.32. The molecule has 0 atom stereocenters. The van der Waals surface area contributed by atoms with Gasteiger partial charge in [-0.2, -0.15) is 0 Å². The minimum atomic E-state index is -0.657. The van der Waals surface area contributed by atoms with Crippen LogP contribution in [0, 0.1) is 5.82 Å². The topological polar surface area (TPSA) is 52.3 Å². The number of halogens is 3. The molecule has 0 radical (unpaired) electrons. The SMILES string of the molecule is NC(=O)c1cc(Cl)ccc1Oc1ccc(F)cc1Br. The maximum atomic E-state index is 13.0. The quantitative estimate of drug-likeness (QED) is 0.910. The Labute approximate surface area is 122 Å². The molecule has 2 rings (SSSR count). The van der Waals surface area contributed by atoms with Gasteiger partial charge in [0.2, 0.25) is 0 Å². The van der Waals surface area contributed by atoms with Crippen LogP contribution in [0.1, 0.15) is 10.4 Å². The van der Waals surface area contributed by atoms with Gasteiger partial charge in [0.05, 0.1) is 10.0 Å². The summed E-state index contributed by atoms with van der Waals surface area (Å²) in [6.45, 7) is 0. The Balaban J connectivity index is 2.40. The molecule has 0 aliphatic carbocycles. The molecule has 0 heterocycles. The van der Waals surface area contributed by atoms with Crippen LogP contribution in [0.25, 0.3) is 0 Å². The van der Waals surface area contributed by atoms with Gasteiger partial charge in [-0.15, -0.1) is 0 Å². The normalized spacial score (nSPS) is 10.3. The van der Waals surface area contributed by atoms with E-state index in [9.17, 15) is 9.18 Å². The average Bonchev–Trinajstić information content (AvgIpc) is 2.34. The van der Waals surface area contributed by atoms with Crippen LogP contribution in [0.15, 0.2) is 40.9 Å². The number of carbonyl (C=O) groups excluding carboxylic acids is 1. The first kappa shape index (κ1) is 13.8. The fourth-order valence-corrected chi connectivity index (χ4v) is 2.06. The van der Waals surface area contributed by atoms with E-state index in [1.165, 1.54) is 30.3 Å². The molecule has 0 aliphatic heterocycles. The summed E-state index contributed by atoms with van der Waals surface area (Å²) in [6, 6.07) is 8.46. The van der Waals surface area contributed by atoms with Crippen LogP contribution < -0.4 is 10.5 Å². The molecule has 0 fully saturated rings. The first-order valence-corrected chi connectivity index (χ1v) is 6.37. The Morgan fingerprint density at radius 3 is 2.53 bits per heavy atom. The van der Waals surface area contributed by atoms with Gasteiger partial charge >= 0.3 is 0 Å². The van der Waals surface area contributed by atoms with Crippen molar-refractivity contribution in [3.8, 4) is 11.5 Å². The lowest BCUT2D eigenvalue weighted by Gasteiger charge is -2.11. The van der Waals surface area contributed by atoms with E-state index >= 15 is 0 Å². The predicted molar refractivity (Wildman–Crippen MR) is 74.1 cm³/mol. The summed E-state index contributed by atoms with van der Waals surface area (Å²) in [5.74, 6) is -0.434. The highest BCUT2D eigenvalue weighted by molar-refractivity contribution is 9.10. The van der Waals surface area contributed by atoms with Crippen molar-refractivity contribution in [3.05, 3.63) is 57.3 Å². The van der Waals surface area contributed by atoms with Crippen LogP contribution in [0.2, 0.25) is 5.02 Å². The van der Waals surface area contributed by atoms with Crippen LogP contribution in [0.3, 0.4) is 0 Å². The van der Waals surface area contributed by atoms with Gasteiger partial charge in [-0.3, -0.25) is 4.79 Å². The molecule has 3 nitrogen and oxygen atoms in total. The number of nitrogens with two attached hydrogens (primary N) is 1. The number of ether oxygens (including phenoxy) is 1. The van der Waals surface area contributed by atoms with Crippen molar-refractivity contribution < 1.29 is 13.9 Å². The van der Waals surface area contributed by atoms with Gasteiger partial charge in [-0.25, -0.2) is 4.39 Å². The van der Waals surface area contributed by atoms with E-state index in [1.807, 2.05) is 0 Å². The Kier molecular flexibility index (Phi) is 4.07. The van der Waals surface area contributed by atoms with Crippen LogP contribution in [-0.2, 0) is 0 Å². The van der Waals surface area contributed by atoms with Crippen molar-refractivity contribution in [1.29, 1.82) is 0 Å². The van der Waals surface area contributed by atoms with Crippen molar-refractivity contribution in [2.75, 3.05) is 0 Å². The predicted octanol–water partition coefficient (Wildman–Crippen LogP) is 4.13. The lowest BCUT2D eigenvalue weighted by atomic mass is 10.2. The summed E-state index contributed by atoms with van der Waals surface area (Å²) in [5, 5.41) is 0.374. The molecule has 2 aromatic rings. The molecule has 0 bridgehead atoms. The summed E-state index contributed by atoms with van der Waals surface area (Å²) in [6.07, 6.45) is 0. The van der Waals surface area contributed by atoms with Crippen LogP contribution in [0.5, 0.6) is 11.5 Å². The highest BCUT2D eigenvalue weighted by Gasteiger charge is 2.12. The maximum Gasteiger partial charge on any atom is 0.252 e. The lowest BCUT2D eigenvalue weighted by molar-refractivity contribution is 0.0998. The van der Waals surface area contributed by atoms with Crippen molar-refractivity contribution >= 4 is 33.4 Å². The van der Waals surface area contributed by atoms with Crippen molar-refractivity contribution in [2.24, 2.45) is 5.73 Å². The molecule has 6 heteroatoms. The van der Waals surface area contributed by atoms with Gasteiger partial charge in [0, 0.05) is 5.02 Å². The number of amides is 1. The van der Waals surface area contributed by atoms with Crippen molar-refractivity contribution in [2.45, 2.75) is 0 Å². The third-order valence-corrected chi connectivity index (χ3v) is 3.18. The lowest BCUT2D eigenvalue weighted by Crippen LogP contribution is -2.12. The summed E-state index contributed by atoms with van der Waals surface area (Å²) in [4.78, 5) is 11.3. The first-order chi connectivity index (χ1) is 8.97. The monoisotopic (exact) mass is 343 g/mol. The number of primary amides is 1. The second kappa shape index (κ2) is 5.59. The molecular formula is C13H8BrClFNO2. The van der Waals surface area contributed by atoms with Gasteiger partial charge in [-0.1, -0.05) is 11.6 Å². The summed E-state index contributed by atoms with van der Waals surface area (Å²) >= 11 is 8.97. The van der Waals surface area contributed by atoms with Crippen LogP contribution in [-0.4, -0.2) is 5.91 Å². The minimum absolute atomic E-state index is 0.156. The average molecular weight is 345 g/mol. The van der Waals surface area contributed by atoms with Gasteiger partial charge in [0.15, 0.2) is 0 Å². The van der Waals surface area contributed by atoms with Crippen molar-refractivity contribution in [1.82, 2.24) is 0 Å². The molecule has 0 saturated carbocycles. The molecule has 0 spiro atoms. The zero-order valence-electron chi connectivity index (χ0n) is 9.49. The molecular weight excluding hydrogens is 337 g/mol. The molecule has 2 N–H and O–H groups in total. The Morgan fingerprint density at radius 2 is 1.89 bits per heavy atom. The summed E-state index contributed by atoms with van der Waals surface area (Å²) in [7, 11) is 0. The highest BCUT2D eigenvalue weighted by atomic mass is 79.9. The van der Waals surface area contributed by atoms with Gasteiger partial charge < -0.3 is 10.5 Å². The second-order valence-corrected chi connectivity index (χ2v) is 4.97. The summed E-state index contributed by atoms with van der Waals surface area (Å²) in [5.41, 5.74) is 5.41. The smallest absolute Gasteiger partial charge is 0.252 e. The van der Waals surface area contributed by atoms with E-state index in [0.717, 1.165) is 0 Å². The number of rotatable bonds is 3. The molecule has 19 heavy (non-hydrogen) atoms. The van der Waals surface area contributed by atoms with E-state index in [-0.39, 0.29) is 11.3 Å². The Hall–Kier alpha value is -1.59. The van der Waals surface area contributed by atoms with Gasteiger partial charge in [0.25, 0.3) is 5.91 Å². The second-order valence-electron chi connectivity index (χ2n) is 3.68. The van der Waals surface area contributed by atoms with E-state index in [4.69, 9.17) is 22.1 Å². The van der Waals surface area contributed by atoms with Gasteiger partial charge in [0.1, 0.15) is 17.3 Å². The largest absolute Gasteiger partial charge is 0.455 e. The maximum absolute atomic E-state index is 13.0. The van der Waals surface area contributed by atoms with Crippen LogP contribution >= 0.6 is 27.5 Å². The fourth-order valence-electron chi connectivity index (χ4n) is 1.46. The number of benzene rings is 2. The highest BCUT2D eigenvalue weighted by Crippen LogP contribution is 2.32. The van der Waals surface area contributed by atoms with E-state index in [0.29, 0.717) is 15.2 Å². The zero-order valence-corrected chi connectivity index (χ0v) is 11.8. The van der Waals surface area contributed by atoms with E-state index < -0.39 is 11.7 Å². The zero-order chi connectivity index (χ0) is 14.0. The Morgan fingerprint density at radius 1 is 1.21 bits per heavy atom. The first-order valence-electron chi connectivity index (χ1n) is 5.19. The molecule has 1 amide bonds. The fraction of sp³-hybridized carbons (Fsp3) is 0. The number of hydrogen-bond donors (Lipinski definition) is 1. The van der Waals surface area contributed by atoms with Gasteiger partial charge in [-0.05, 0) is 52.3 Å². The van der Waals surface area contributed by atoms with Crippen LogP contribution in [0.4, 0.5) is 4.39 Å².